The van der Waals surface area contributed by atoms with Gasteiger partial charge in [-0.3, -0.25) is 4.79 Å². The SMILES string of the molecule is O=C(C1CCS(=O)(=O)C1)N1CCC(c2nnc3n2CCC3)CC1. The summed E-state index contributed by atoms with van der Waals surface area (Å²) >= 11 is 0. The van der Waals surface area contributed by atoms with Gasteiger partial charge in [0.2, 0.25) is 5.91 Å². The fourth-order valence-corrected chi connectivity index (χ4v) is 5.81. The third-order valence-electron chi connectivity index (χ3n) is 5.39. The molecule has 2 saturated heterocycles. The van der Waals surface area contributed by atoms with Crippen LogP contribution in [0.4, 0.5) is 0 Å². The van der Waals surface area contributed by atoms with Crippen molar-refractivity contribution in [3.8, 4) is 0 Å². The lowest BCUT2D eigenvalue weighted by atomic mass is 9.94. The summed E-state index contributed by atoms with van der Waals surface area (Å²) < 4.78 is 25.4. The number of aromatic nitrogens is 3. The highest BCUT2D eigenvalue weighted by atomic mass is 32.2. The van der Waals surface area contributed by atoms with Crippen LogP contribution in [0.3, 0.4) is 0 Å². The van der Waals surface area contributed by atoms with Gasteiger partial charge in [0.25, 0.3) is 0 Å². The topological polar surface area (TPSA) is 85.2 Å². The molecule has 2 fully saturated rings. The Morgan fingerprint density at radius 2 is 1.87 bits per heavy atom. The number of hydrogen-bond donors (Lipinski definition) is 0. The number of likely N-dealkylation sites (tertiary alicyclic amines) is 1. The quantitative estimate of drug-likeness (QED) is 0.777. The van der Waals surface area contributed by atoms with E-state index in [2.05, 4.69) is 14.8 Å². The fourth-order valence-electron chi connectivity index (χ4n) is 4.08. The molecule has 0 aromatic carbocycles. The second kappa shape index (κ2) is 5.58. The third kappa shape index (κ3) is 2.77. The first-order chi connectivity index (χ1) is 11.0. The van der Waals surface area contributed by atoms with Crippen molar-refractivity contribution in [3.05, 3.63) is 11.6 Å². The van der Waals surface area contributed by atoms with Crippen LogP contribution in [0.5, 0.6) is 0 Å². The van der Waals surface area contributed by atoms with E-state index in [1.54, 1.807) is 0 Å². The average molecular weight is 338 g/mol. The van der Waals surface area contributed by atoms with E-state index in [0.29, 0.717) is 25.4 Å². The Morgan fingerprint density at radius 1 is 1.09 bits per heavy atom. The summed E-state index contributed by atoms with van der Waals surface area (Å²) in [5.74, 6) is 2.42. The predicted octanol–water partition coefficient (Wildman–Crippen LogP) is 0.365. The molecule has 8 heteroatoms. The second-order valence-electron chi connectivity index (χ2n) is 6.93. The van der Waals surface area contributed by atoms with E-state index in [9.17, 15) is 13.2 Å². The molecule has 0 N–H and O–H groups in total. The van der Waals surface area contributed by atoms with Crippen LogP contribution in [0.2, 0.25) is 0 Å². The molecule has 1 unspecified atom stereocenters. The van der Waals surface area contributed by atoms with E-state index in [-0.39, 0.29) is 23.3 Å². The van der Waals surface area contributed by atoms with Crippen LogP contribution in [-0.2, 0) is 27.6 Å². The van der Waals surface area contributed by atoms with E-state index in [0.717, 1.165) is 43.9 Å². The standard InChI is InChI=1S/C15H22N4O3S/c20-15(12-5-9-23(21,22)10-12)18-7-3-11(4-8-18)14-17-16-13-2-1-6-19(13)14/h11-12H,1-10H2. The Hall–Kier alpha value is -1.44. The maximum absolute atomic E-state index is 12.5. The first-order valence-corrected chi connectivity index (χ1v) is 10.3. The monoisotopic (exact) mass is 338 g/mol. The van der Waals surface area contributed by atoms with Crippen molar-refractivity contribution in [2.24, 2.45) is 5.92 Å². The molecule has 0 radical (unpaired) electrons. The smallest absolute Gasteiger partial charge is 0.226 e. The molecule has 23 heavy (non-hydrogen) atoms. The molecule has 0 spiro atoms. The summed E-state index contributed by atoms with van der Waals surface area (Å²) in [4.78, 5) is 14.3. The minimum absolute atomic E-state index is 0.0241. The summed E-state index contributed by atoms with van der Waals surface area (Å²) in [6, 6.07) is 0. The second-order valence-corrected chi connectivity index (χ2v) is 9.16. The Labute approximate surface area is 136 Å². The normalized spacial score (nSPS) is 27.3. The van der Waals surface area contributed by atoms with Crippen molar-refractivity contribution in [1.82, 2.24) is 19.7 Å². The lowest BCUT2D eigenvalue weighted by Crippen LogP contribution is -2.42. The molecule has 4 rings (SSSR count). The van der Waals surface area contributed by atoms with Gasteiger partial charge in [0.05, 0.1) is 17.4 Å². The lowest BCUT2D eigenvalue weighted by Gasteiger charge is -2.33. The number of rotatable bonds is 2. The van der Waals surface area contributed by atoms with E-state index in [1.165, 1.54) is 0 Å². The highest BCUT2D eigenvalue weighted by Crippen LogP contribution is 2.31. The van der Waals surface area contributed by atoms with Gasteiger partial charge in [0.15, 0.2) is 9.84 Å². The minimum atomic E-state index is -3.00. The first kappa shape index (κ1) is 15.1. The third-order valence-corrected chi connectivity index (χ3v) is 7.16. The molecule has 1 atom stereocenters. The molecule has 3 aliphatic heterocycles. The van der Waals surface area contributed by atoms with Crippen LogP contribution in [0.25, 0.3) is 0 Å². The van der Waals surface area contributed by atoms with Gasteiger partial charge in [0.1, 0.15) is 11.6 Å². The van der Waals surface area contributed by atoms with E-state index in [4.69, 9.17) is 0 Å². The van der Waals surface area contributed by atoms with Crippen molar-refractivity contribution < 1.29 is 13.2 Å². The Morgan fingerprint density at radius 3 is 2.57 bits per heavy atom. The van der Waals surface area contributed by atoms with Gasteiger partial charge in [-0.1, -0.05) is 0 Å². The van der Waals surface area contributed by atoms with E-state index >= 15 is 0 Å². The number of amides is 1. The molecule has 1 aromatic rings. The van der Waals surface area contributed by atoms with Crippen LogP contribution in [-0.4, -0.2) is 58.6 Å². The number of nitrogens with zero attached hydrogens (tertiary/aromatic N) is 4. The Kier molecular flexibility index (Phi) is 3.66. The predicted molar refractivity (Wildman–Crippen MR) is 83.7 cm³/mol. The zero-order chi connectivity index (χ0) is 16.0. The number of hydrogen-bond acceptors (Lipinski definition) is 5. The number of carbonyl (C=O) groups is 1. The van der Waals surface area contributed by atoms with Gasteiger partial charge < -0.3 is 9.47 Å². The highest BCUT2D eigenvalue weighted by molar-refractivity contribution is 7.91. The number of fused-ring (bicyclic) bond motifs is 1. The lowest BCUT2D eigenvalue weighted by molar-refractivity contribution is -0.135. The van der Waals surface area contributed by atoms with Crippen molar-refractivity contribution in [1.29, 1.82) is 0 Å². The molecule has 1 aromatic heterocycles. The van der Waals surface area contributed by atoms with Crippen molar-refractivity contribution in [3.63, 3.8) is 0 Å². The first-order valence-electron chi connectivity index (χ1n) is 8.45. The van der Waals surface area contributed by atoms with Gasteiger partial charge in [-0.05, 0) is 25.7 Å². The van der Waals surface area contributed by atoms with Crippen LogP contribution < -0.4 is 0 Å². The minimum Gasteiger partial charge on any atom is -0.342 e. The molecular weight excluding hydrogens is 316 g/mol. The number of piperidine rings is 1. The number of aryl methyl sites for hydroxylation is 1. The molecule has 7 nitrogen and oxygen atoms in total. The molecule has 4 heterocycles. The highest BCUT2D eigenvalue weighted by Gasteiger charge is 2.37. The molecule has 0 bridgehead atoms. The molecule has 3 aliphatic rings. The maximum atomic E-state index is 12.5. The summed E-state index contributed by atoms with van der Waals surface area (Å²) in [7, 11) is -3.00. The fraction of sp³-hybridized carbons (Fsp3) is 0.800. The zero-order valence-electron chi connectivity index (χ0n) is 13.1. The van der Waals surface area contributed by atoms with Gasteiger partial charge in [-0.25, -0.2) is 8.42 Å². The summed E-state index contributed by atoms with van der Waals surface area (Å²) in [6.45, 7) is 2.40. The number of carbonyl (C=O) groups excluding carboxylic acids is 1. The van der Waals surface area contributed by atoms with Crippen molar-refractivity contribution in [2.45, 2.75) is 44.6 Å². The van der Waals surface area contributed by atoms with Crippen LogP contribution in [0, 0.1) is 5.92 Å². The van der Waals surface area contributed by atoms with Crippen LogP contribution in [0.15, 0.2) is 0 Å². The largest absolute Gasteiger partial charge is 0.342 e. The maximum Gasteiger partial charge on any atom is 0.226 e. The van der Waals surface area contributed by atoms with Gasteiger partial charge >= 0.3 is 0 Å². The van der Waals surface area contributed by atoms with Crippen molar-refractivity contribution in [2.75, 3.05) is 24.6 Å². The average Bonchev–Trinajstić information content (AvgIpc) is 3.21. The van der Waals surface area contributed by atoms with Crippen LogP contribution in [0.1, 0.15) is 43.3 Å². The molecule has 0 aliphatic carbocycles. The van der Waals surface area contributed by atoms with E-state index in [1.807, 2.05) is 4.90 Å². The molecule has 0 saturated carbocycles. The molecule has 126 valence electrons. The van der Waals surface area contributed by atoms with Crippen LogP contribution >= 0.6 is 0 Å². The Bertz CT molecular complexity index is 719. The Balaban J connectivity index is 1.38. The van der Waals surface area contributed by atoms with Gasteiger partial charge in [0, 0.05) is 32.0 Å². The van der Waals surface area contributed by atoms with Gasteiger partial charge in [-0.2, -0.15) is 0 Å². The van der Waals surface area contributed by atoms with Gasteiger partial charge in [-0.15, -0.1) is 10.2 Å². The summed E-state index contributed by atoms with van der Waals surface area (Å²) in [6.07, 6.45) is 4.43. The molecular formula is C15H22N4O3S. The van der Waals surface area contributed by atoms with Crippen molar-refractivity contribution >= 4 is 15.7 Å². The number of sulfone groups is 1. The zero-order valence-corrected chi connectivity index (χ0v) is 14.0. The molecule has 1 amide bonds. The summed E-state index contributed by atoms with van der Waals surface area (Å²) in [5, 5.41) is 8.63. The van der Waals surface area contributed by atoms with E-state index < -0.39 is 9.84 Å². The summed E-state index contributed by atoms with van der Waals surface area (Å²) in [5.41, 5.74) is 0.